The maximum absolute atomic E-state index is 11.8. The first kappa shape index (κ1) is 15.5. The van der Waals surface area contributed by atoms with E-state index in [0.29, 0.717) is 0 Å². The van der Waals surface area contributed by atoms with Crippen molar-refractivity contribution < 1.29 is 14.9 Å². The summed E-state index contributed by atoms with van der Waals surface area (Å²) < 4.78 is 6.60. The number of aliphatic hydroxyl groups is 2. The Morgan fingerprint density at radius 2 is 2.33 bits per heavy atom. The Bertz CT molecular complexity index is 703. The average Bonchev–Trinajstić information content (AvgIpc) is 2.74. The fourth-order valence-corrected chi connectivity index (χ4v) is 2.45. The van der Waals surface area contributed by atoms with Gasteiger partial charge in [-0.1, -0.05) is 23.6 Å². The molecule has 0 radical (unpaired) electrons. The number of ether oxygens (including phenoxy) is 1. The Kier molecular flexibility index (Phi) is 4.34. The van der Waals surface area contributed by atoms with Crippen LogP contribution >= 0.6 is 11.6 Å². The molecule has 2 heterocycles. The molecule has 1 fully saturated rings. The maximum Gasteiger partial charge on any atom is 0.330 e. The van der Waals surface area contributed by atoms with Gasteiger partial charge in [-0.05, 0) is 0 Å². The van der Waals surface area contributed by atoms with Crippen LogP contribution in [0.5, 0.6) is 0 Å². The van der Waals surface area contributed by atoms with Crippen molar-refractivity contribution in [2.45, 2.75) is 17.9 Å². The van der Waals surface area contributed by atoms with Gasteiger partial charge in [-0.15, -0.1) is 6.42 Å². The lowest BCUT2D eigenvalue weighted by molar-refractivity contribution is -0.0917. The van der Waals surface area contributed by atoms with Crippen molar-refractivity contribution in [3.05, 3.63) is 44.7 Å². The summed E-state index contributed by atoms with van der Waals surface area (Å²) in [5.74, 6) is 1.44. The van der Waals surface area contributed by atoms with Crippen molar-refractivity contribution in [1.29, 1.82) is 0 Å². The summed E-state index contributed by atoms with van der Waals surface area (Å²) in [6.45, 7) is -0.633. The van der Waals surface area contributed by atoms with Crippen molar-refractivity contribution in [1.82, 2.24) is 9.55 Å². The predicted octanol–water partition coefficient (Wildman–Crippen LogP) is -0.841. The Balaban J connectivity index is 2.54. The van der Waals surface area contributed by atoms with E-state index >= 15 is 0 Å². The Labute approximate surface area is 124 Å². The number of aromatic nitrogens is 2. The summed E-state index contributed by atoms with van der Waals surface area (Å²) in [5.41, 5.74) is -1.78. The van der Waals surface area contributed by atoms with E-state index in [1.807, 2.05) is 0 Å². The highest BCUT2D eigenvalue weighted by molar-refractivity contribution is 6.25. The molecule has 0 unspecified atom stereocenters. The van der Waals surface area contributed by atoms with E-state index in [1.165, 1.54) is 12.3 Å². The third kappa shape index (κ3) is 2.54. The van der Waals surface area contributed by atoms with E-state index in [4.69, 9.17) is 22.8 Å². The van der Waals surface area contributed by atoms with Crippen LogP contribution in [0.15, 0.2) is 33.5 Å². The number of H-pyrrole nitrogens is 1. The highest BCUT2D eigenvalue weighted by Crippen LogP contribution is 2.41. The summed E-state index contributed by atoms with van der Waals surface area (Å²) in [4.78, 5) is 25.0. The largest absolute Gasteiger partial charge is 0.392 e. The summed E-state index contributed by atoms with van der Waals surface area (Å²) in [6.07, 6.45) is 5.68. The number of halogens is 1. The summed E-state index contributed by atoms with van der Waals surface area (Å²) >= 11 is 5.54. The number of rotatable bonds is 3. The fourth-order valence-electron chi connectivity index (χ4n) is 2.28. The molecule has 7 nitrogen and oxygen atoms in total. The third-order valence-electron chi connectivity index (χ3n) is 3.40. The molecule has 4 atom stereocenters. The molecule has 1 aromatic rings. The molecule has 21 heavy (non-hydrogen) atoms. The monoisotopic (exact) mass is 312 g/mol. The molecule has 0 saturated carbocycles. The lowest BCUT2D eigenvalue weighted by Crippen LogP contribution is -2.43. The molecule has 1 saturated heterocycles. The van der Waals surface area contributed by atoms with Crippen LogP contribution in [0.25, 0.3) is 0 Å². The third-order valence-corrected chi connectivity index (χ3v) is 3.55. The first-order valence-corrected chi connectivity index (χ1v) is 6.45. The van der Waals surface area contributed by atoms with E-state index in [-0.39, 0.29) is 0 Å². The number of hydrogen-bond donors (Lipinski definition) is 3. The van der Waals surface area contributed by atoms with Crippen LogP contribution in [0.1, 0.15) is 6.23 Å². The van der Waals surface area contributed by atoms with Gasteiger partial charge in [0.2, 0.25) is 0 Å². The highest BCUT2D eigenvalue weighted by Gasteiger charge is 2.53. The molecule has 3 N–H and O–H groups in total. The van der Waals surface area contributed by atoms with Crippen LogP contribution in [0, 0.1) is 18.3 Å². The summed E-state index contributed by atoms with van der Waals surface area (Å²) in [5, 5.41) is 19.7. The highest BCUT2D eigenvalue weighted by atomic mass is 35.5. The van der Waals surface area contributed by atoms with E-state index in [9.17, 15) is 19.8 Å². The molecule has 0 amide bonds. The van der Waals surface area contributed by atoms with Gasteiger partial charge in [-0.25, -0.2) is 4.79 Å². The van der Waals surface area contributed by atoms with Gasteiger partial charge < -0.3 is 14.9 Å². The zero-order valence-electron chi connectivity index (χ0n) is 10.8. The second kappa shape index (κ2) is 5.87. The molecular formula is C13H13ClN2O5. The van der Waals surface area contributed by atoms with Gasteiger partial charge in [0.1, 0.15) is 12.3 Å². The van der Waals surface area contributed by atoms with Crippen LogP contribution in [-0.4, -0.2) is 38.1 Å². The minimum Gasteiger partial charge on any atom is -0.392 e. The number of nitrogens with zero attached hydrogens (tertiary/aromatic N) is 1. The first-order chi connectivity index (χ1) is 9.99. The minimum absolute atomic E-state index is 0.565. The molecule has 8 heteroatoms. The molecule has 0 spiro atoms. The van der Waals surface area contributed by atoms with Gasteiger partial charge in [0.05, 0.1) is 12.5 Å². The predicted molar refractivity (Wildman–Crippen MR) is 74.6 cm³/mol. The lowest BCUT2D eigenvalue weighted by atomic mass is 9.91. The van der Waals surface area contributed by atoms with Gasteiger partial charge in [-0.3, -0.25) is 14.3 Å². The number of terminal acetylenes is 1. The lowest BCUT2D eigenvalue weighted by Gasteiger charge is -2.23. The van der Waals surface area contributed by atoms with Gasteiger partial charge in [-0.2, -0.15) is 0 Å². The average molecular weight is 313 g/mol. The SMILES string of the molecule is C#C[C@]1(CO)O[C@@H](n2ccc(=O)[nH]c2=O)[C@H](C=CCl)[C@@H]1O. The molecule has 1 aromatic heterocycles. The maximum atomic E-state index is 11.8. The zero-order chi connectivity index (χ0) is 15.6. The van der Waals surface area contributed by atoms with Crippen LogP contribution in [-0.2, 0) is 4.74 Å². The molecular weight excluding hydrogens is 300 g/mol. The minimum atomic E-state index is -1.65. The number of aliphatic hydroxyl groups excluding tert-OH is 2. The Hall–Kier alpha value is -1.85. The van der Waals surface area contributed by atoms with Crippen molar-refractivity contribution >= 4 is 11.6 Å². The normalized spacial score (nSPS) is 32.4. The van der Waals surface area contributed by atoms with Crippen LogP contribution in [0.4, 0.5) is 0 Å². The Morgan fingerprint density at radius 3 is 2.86 bits per heavy atom. The standard InChI is InChI=1S/C13H13ClN2O5/c1-2-13(7-17)10(19)8(3-5-14)11(21-13)16-6-4-9(18)15-12(16)20/h1,3-6,8,10-11,17,19H,7H2,(H,15,18,20)/t8-,10+,11-,13-/m1/s1. The number of nitrogens with one attached hydrogen (secondary N) is 1. The molecule has 1 aliphatic heterocycles. The van der Waals surface area contributed by atoms with Gasteiger partial charge >= 0.3 is 5.69 Å². The van der Waals surface area contributed by atoms with Crippen molar-refractivity contribution in [2.75, 3.05) is 6.61 Å². The molecule has 1 aliphatic rings. The molecule has 0 bridgehead atoms. The molecule has 2 rings (SSSR count). The van der Waals surface area contributed by atoms with Gasteiger partial charge in [0.15, 0.2) is 5.60 Å². The van der Waals surface area contributed by atoms with Crippen molar-refractivity contribution in [2.24, 2.45) is 5.92 Å². The zero-order valence-corrected chi connectivity index (χ0v) is 11.5. The van der Waals surface area contributed by atoms with E-state index in [2.05, 4.69) is 10.9 Å². The van der Waals surface area contributed by atoms with Crippen LogP contribution < -0.4 is 11.2 Å². The second-order valence-electron chi connectivity index (χ2n) is 4.56. The van der Waals surface area contributed by atoms with E-state index in [0.717, 1.165) is 16.2 Å². The number of hydrogen-bond acceptors (Lipinski definition) is 5. The van der Waals surface area contributed by atoms with Crippen molar-refractivity contribution in [3.63, 3.8) is 0 Å². The first-order valence-electron chi connectivity index (χ1n) is 6.02. The van der Waals surface area contributed by atoms with Gasteiger partial charge in [0.25, 0.3) is 5.56 Å². The molecule has 0 aliphatic carbocycles. The topological polar surface area (TPSA) is 105 Å². The Morgan fingerprint density at radius 1 is 1.62 bits per heavy atom. The van der Waals surface area contributed by atoms with Gasteiger partial charge in [0, 0.05) is 17.8 Å². The molecule has 112 valence electrons. The quantitative estimate of drug-likeness (QED) is 0.631. The second-order valence-corrected chi connectivity index (χ2v) is 4.81. The van der Waals surface area contributed by atoms with E-state index < -0.39 is 41.7 Å². The van der Waals surface area contributed by atoms with E-state index in [1.54, 1.807) is 0 Å². The van der Waals surface area contributed by atoms with Crippen LogP contribution in [0.2, 0.25) is 0 Å². The number of aromatic amines is 1. The fraction of sp³-hybridized carbons (Fsp3) is 0.385. The van der Waals surface area contributed by atoms with Crippen molar-refractivity contribution in [3.8, 4) is 12.3 Å². The molecule has 0 aromatic carbocycles. The van der Waals surface area contributed by atoms with Crippen LogP contribution in [0.3, 0.4) is 0 Å². The summed E-state index contributed by atoms with van der Waals surface area (Å²) in [6, 6.07) is 1.13. The smallest absolute Gasteiger partial charge is 0.330 e. The summed E-state index contributed by atoms with van der Waals surface area (Å²) in [7, 11) is 0.